The highest BCUT2D eigenvalue weighted by Gasteiger charge is 2.40. The number of carbonyl (C=O) groups is 1. The molecule has 0 amide bonds. The van der Waals surface area contributed by atoms with Crippen LogP contribution in [0.1, 0.15) is 25.8 Å². The Bertz CT molecular complexity index is 1500. The number of carboxylic acid groups (broad SMARTS) is 1. The molecule has 3 aromatic carbocycles. The van der Waals surface area contributed by atoms with Gasteiger partial charge in [-0.2, -0.15) is 13.2 Å². The molecule has 38 heavy (non-hydrogen) atoms. The highest BCUT2D eigenvalue weighted by atomic mass is 32.2. The molecule has 1 aliphatic heterocycles. The molecule has 1 atom stereocenters. The molecule has 6 nitrogen and oxygen atoms in total. The molecule has 0 bridgehead atoms. The van der Waals surface area contributed by atoms with Crippen LogP contribution in [0.4, 0.5) is 27.6 Å². The highest BCUT2D eigenvalue weighted by Crippen LogP contribution is 2.42. The van der Waals surface area contributed by atoms with Crippen molar-refractivity contribution in [3.8, 4) is 16.9 Å². The van der Waals surface area contributed by atoms with Crippen molar-refractivity contribution >= 4 is 21.7 Å². The first-order valence-corrected chi connectivity index (χ1v) is 12.7. The van der Waals surface area contributed by atoms with Crippen LogP contribution in [0.25, 0.3) is 11.1 Å². The zero-order valence-electron chi connectivity index (χ0n) is 20.1. The molecular weight excluding hydrogens is 533 g/mol. The summed E-state index contributed by atoms with van der Waals surface area (Å²) in [6, 6.07) is 9.86. The van der Waals surface area contributed by atoms with Crippen molar-refractivity contribution in [1.82, 2.24) is 0 Å². The summed E-state index contributed by atoms with van der Waals surface area (Å²) in [4.78, 5) is 11.0. The van der Waals surface area contributed by atoms with E-state index in [-0.39, 0.29) is 29.0 Å². The predicted molar refractivity (Wildman–Crippen MR) is 128 cm³/mol. The summed E-state index contributed by atoms with van der Waals surface area (Å²) in [7, 11) is -4.65. The van der Waals surface area contributed by atoms with Gasteiger partial charge in [0.25, 0.3) is 10.0 Å². The molecule has 0 aromatic heterocycles. The van der Waals surface area contributed by atoms with E-state index < -0.39 is 62.3 Å². The Morgan fingerprint density at radius 2 is 1.76 bits per heavy atom. The molecule has 0 saturated carbocycles. The Kier molecular flexibility index (Phi) is 6.89. The summed E-state index contributed by atoms with van der Waals surface area (Å²) < 4.78 is 102. The van der Waals surface area contributed by atoms with Crippen molar-refractivity contribution < 1.29 is 45.0 Å². The van der Waals surface area contributed by atoms with Crippen LogP contribution in [0.5, 0.6) is 5.75 Å². The van der Waals surface area contributed by atoms with Gasteiger partial charge in [0.1, 0.15) is 23.5 Å². The van der Waals surface area contributed by atoms with Gasteiger partial charge in [-0.25, -0.2) is 17.2 Å². The smallest absolute Gasteiger partial charge is 0.416 e. The molecule has 3 aromatic rings. The topological polar surface area (TPSA) is 83.9 Å². The van der Waals surface area contributed by atoms with Crippen molar-refractivity contribution in [3.05, 3.63) is 77.9 Å². The molecule has 0 radical (unpaired) electrons. The minimum Gasteiger partial charge on any atom is -0.486 e. The number of hydrogen-bond acceptors (Lipinski definition) is 4. The number of halogens is 5. The van der Waals surface area contributed by atoms with Gasteiger partial charge in [-0.15, -0.1) is 0 Å². The monoisotopic (exact) mass is 555 g/mol. The lowest BCUT2D eigenvalue weighted by molar-refractivity contribution is -0.148. The Labute approximate surface area is 215 Å². The van der Waals surface area contributed by atoms with E-state index in [1.54, 1.807) is 0 Å². The highest BCUT2D eigenvalue weighted by molar-refractivity contribution is 7.92. The zero-order valence-corrected chi connectivity index (χ0v) is 20.9. The van der Waals surface area contributed by atoms with Gasteiger partial charge in [-0.1, -0.05) is 12.1 Å². The molecule has 4 rings (SSSR count). The van der Waals surface area contributed by atoms with Crippen LogP contribution in [0.3, 0.4) is 0 Å². The second kappa shape index (κ2) is 9.57. The number of fused-ring (bicyclic) bond motifs is 1. The maximum absolute atomic E-state index is 14.5. The summed E-state index contributed by atoms with van der Waals surface area (Å²) in [5, 5.41) is 9.53. The number of hydrogen-bond donors (Lipinski definition) is 1. The number of sulfonamides is 1. The van der Waals surface area contributed by atoms with Crippen molar-refractivity contribution in [3.63, 3.8) is 0 Å². The lowest BCUT2D eigenvalue weighted by atomic mass is 9.86. The second-order valence-corrected chi connectivity index (χ2v) is 11.4. The first kappa shape index (κ1) is 27.4. The number of benzene rings is 3. The van der Waals surface area contributed by atoms with Crippen LogP contribution in [-0.2, 0) is 21.0 Å². The fourth-order valence-electron chi connectivity index (χ4n) is 4.15. The normalized spacial score (nSPS) is 16.1. The van der Waals surface area contributed by atoms with Crippen molar-refractivity contribution in [2.75, 3.05) is 10.8 Å². The van der Waals surface area contributed by atoms with Crippen LogP contribution >= 0.6 is 0 Å². The molecule has 1 N–H and O–H groups in total. The number of aliphatic carboxylic acids is 1. The first-order chi connectivity index (χ1) is 17.6. The van der Waals surface area contributed by atoms with Crippen LogP contribution in [0.15, 0.2) is 65.6 Å². The largest absolute Gasteiger partial charge is 0.486 e. The first-order valence-electron chi connectivity index (χ1n) is 11.3. The summed E-state index contributed by atoms with van der Waals surface area (Å²) in [5.41, 5.74) is -2.69. The summed E-state index contributed by atoms with van der Waals surface area (Å²) in [6.07, 6.45) is -5.91. The van der Waals surface area contributed by atoms with Gasteiger partial charge in [0.2, 0.25) is 0 Å². The third-order valence-corrected chi connectivity index (χ3v) is 7.97. The van der Waals surface area contributed by atoms with Crippen molar-refractivity contribution in [1.29, 1.82) is 0 Å². The van der Waals surface area contributed by atoms with Gasteiger partial charge in [-0.3, -0.25) is 9.10 Å². The van der Waals surface area contributed by atoms with E-state index in [1.807, 2.05) is 0 Å². The van der Waals surface area contributed by atoms with Crippen LogP contribution < -0.4 is 9.04 Å². The molecule has 0 saturated heterocycles. The Morgan fingerprint density at radius 3 is 2.42 bits per heavy atom. The minimum absolute atomic E-state index is 0.0152. The number of rotatable bonds is 6. The molecule has 12 heteroatoms. The third-order valence-electron chi connectivity index (χ3n) is 6.20. The maximum atomic E-state index is 14.5. The molecule has 1 aliphatic rings. The average Bonchev–Trinajstić information content (AvgIpc) is 2.84. The number of alkyl halides is 3. The molecular formula is C26H22F5NO5S. The zero-order chi connectivity index (χ0) is 28.0. The van der Waals surface area contributed by atoms with Gasteiger partial charge in [0.05, 0.1) is 28.1 Å². The quantitative estimate of drug-likeness (QED) is 0.371. The molecule has 202 valence electrons. The lowest BCUT2D eigenvalue weighted by Gasteiger charge is -2.38. The molecule has 0 aliphatic carbocycles. The van der Waals surface area contributed by atoms with E-state index in [0.717, 1.165) is 40.7 Å². The van der Waals surface area contributed by atoms with Crippen LogP contribution in [-0.4, -0.2) is 32.1 Å². The van der Waals surface area contributed by atoms with E-state index in [1.165, 1.54) is 32.0 Å². The van der Waals surface area contributed by atoms with E-state index in [2.05, 4.69) is 0 Å². The van der Waals surface area contributed by atoms with E-state index in [0.29, 0.717) is 6.07 Å². The minimum atomic E-state index is -4.80. The predicted octanol–water partition coefficient (Wildman–Crippen LogP) is 6.11. The molecule has 1 heterocycles. The summed E-state index contributed by atoms with van der Waals surface area (Å²) in [5.74, 6) is -2.69. The number of nitrogens with zero attached hydrogens (tertiary/aromatic N) is 1. The average molecular weight is 556 g/mol. The summed E-state index contributed by atoms with van der Waals surface area (Å²) in [6.45, 7) is 2.42. The Hall–Kier alpha value is -3.67. The Balaban J connectivity index is 1.86. The fraction of sp³-hybridized carbons (Fsp3) is 0.269. The molecule has 0 fully saturated rings. The maximum Gasteiger partial charge on any atom is 0.416 e. The Morgan fingerprint density at radius 1 is 1.05 bits per heavy atom. The van der Waals surface area contributed by atoms with Crippen LogP contribution in [0.2, 0.25) is 0 Å². The van der Waals surface area contributed by atoms with E-state index >= 15 is 0 Å². The standard InChI is InChI=1S/C26H22F5NO5S/c1-25(2,24(33)34)13-18-14-32(38(35,36)19-5-3-4-16(11-19)26(29,30)31)22-10-15(6-9-23(22)37-18)20-12-17(27)7-8-21(20)28/h3-12,18H,13-14H2,1-2H3,(H,33,34). The van der Waals surface area contributed by atoms with Crippen molar-refractivity contribution in [2.45, 2.75) is 37.4 Å². The fourth-order valence-corrected chi connectivity index (χ4v) is 5.69. The van der Waals surface area contributed by atoms with Crippen LogP contribution in [0, 0.1) is 17.0 Å². The van der Waals surface area contributed by atoms with Gasteiger partial charge < -0.3 is 9.84 Å². The molecule has 1 unspecified atom stereocenters. The van der Waals surface area contributed by atoms with E-state index in [9.17, 15) is 40.3 Å². The lowest BCUT2D eigenvalue weighted by Crippen LogP contribution is -2.46. The van der Waals surface area contributed by atoms with Gasteiger partial charge in [0, 0.05) is 12.0 Å². The van der Waals surface area contributed by atoms with Crippen molar-refractivity contribution in [2.24, 2.45) is 5.41 Å². The van der Waals surface area contributed by atoms with E-state index in [4.69, 9.17) is 4.74 Å². The third kappa shape index (κ3) is 5.31. The number of anilines is 1. The van der Waals surface area contributed by atoms with Gasteiger partial charge in [0.15, 0.2) is 0 Å². The van der Waals surface area contributed by atoms with Gasteiger partial charge >= 0.3 is 12.1 Å². The number of carboxylic acids is 1. The van der Waals surface area contributed by atoms with Gasteiger partial charge in [-0.05, 0) is 67.9 Å². The number of ether oxygens (including phenoxy) is 1. The molecule has 0 spiro atoms. The summed E-state index contributed by atoms with van der Waals surface area (Å²) >= 11 is 0. The second-order valence-electron chi connectivity index (χ2n) is 9.50. The SMILES string of the molecule is CC(C)(CC1CN(S(=O)(=O)c2cccc(C(F)(F)F)c2)c2cc(-c3cc(F)ccc3F)ccc2O1)C(=O)O.